The molecule has 0 atom stereocenters. The van der Waals surface area contributed by atoms with Crippen LogP contribution >= 0.6 is 22.6 Å². The van der Waals surface area contributed by atoms with Gasteiger partial charge >= 0.3 is 0 Å². The topological polar surface area (TPSA) is 80.5 Å². The monoisotopic (exact) mass is 360 g/mol. The maximum absolute atomic E-state index is 12.1. The molecule has 2 rings (SSSR count). The van der Waals surface area contributed by atoms with Crippen LogP contribution in [0.2, 0.25) is 0 Å². The summed E-state index contributed by atoms with van der Waals surface area (Å²) in [6, 6.07) is 4.06. The fourth-order valence-corrected chi connectivity index (χ4v) is 2.37. The first-order valence-electron chi connectivity index (χ1n) is 5.29. The number of nitrogens with zero attached hydrogens (tertiary/aromatic N) is 2. The number of non-ortho nitro benzene ring substituents is 1. The summed E-state index contributed by atoms with van der Waals surface area (Å²) in [5.41, 5.74) is 0.0606. The molecule has 7 heteroatoms. The molecule has 1 aromatic rings. The summed E-state index contributed by atoms with van der Waals surface area (Å²) < 4.78 is 0.600. The lowest BCUT2D eigenvalue weighted by Crippen LogP contribution is -2.32. The summed E-state index contributed by atoms with van der Waals surface area (Å²) in [5.74, 6) is -0.673. The summed E-state index contributed by atoms with van der Waals surface area (Å²) in [4.78, 5) is 34.9. The Labute approximate surface area is 116 Å². The van der Waals surface area contributed by atoms with E-state index in [1.807, 2.05) is 22.6 Å². The zero-order valence-corrected chi connectivity index (χ0v) is 11.4. The third kappa shape index (κ3) is 2.35. The molecule has 0 radical (unpaired) electrons. The number of likely N-dealkylation sites (tertiary alicyclic amines) is 1. The van der Waals surface area contributed by atoms with E-state index < -0.39 is 10.8 Å². The fraction of sp³-hybridized carbons (Fsp3) is 0.273. The van der Waals surface area contributed by atoms with Crippen LogP contribution in [0.3, 0.4) is 0 Å². The van der Waals surface area contributed by atoms with Crippen molar-refractivity contribution in [2.24, 2.45) is 0 Å². The average Bonchev–Trinajstić information content (AvgIpc) is 2.75. The van der Waals surface area contributed by atoms with Gasteiger partial charge in [0, 0.05) is 28.7 Å². The first-order valence-corrected chi connectivity index (χ1v) is 6.37. The molecule has 0 spiro atoms. The van der Waals surface area contributed by atoms with Crippen molar-refractivity contribution in [2.45, 2.75) is 12.8 Å². The summed E-state index contributed by atoms with van der Waals surface area (Å²) in [6.45, 7) is 0.385. The van der Waals surface area contributed by atoms with Crippen molar-refractivity contribution in [1.82, 2.24) is 4.90 Å². The number of carbonyl (C=O) groups is 2. The maximum atomic E-state index is 12.1. The largest absolute Gasteiger partial charge is 0.278 e. The Hall–Kier alpha value is -1.51. The third-order valence-corrected chi connectivity index (χ3v) is 3.65. The molecule has 0 unspecified atom stereocenters. The average molecular weight is 360 g/mol. The second-order valence-corrected chi connectivity index (χ2v) is 5.04. The van der Waals surface area contributed by atoms with Gasteiger partial charge in [-0.05, 0) is 35.1 Å². The quantitative estimate of drug-likeness (QED) is 0.350. The Morgan fingerprint density at radius 1 is 1.44 bits per heavy atom. The second-order valence-electron chi connectivity index (χ2n) is 3.88. The number of benzene rings is 1. The molecular formula is C11H9IN2O4. The van der Waals surface area contributed by atoms with Crippen LogP contribution in [0.25, 0.3) is 0 Å². The molecule has 1 fully saturated rings. The summed E-state index contributed by atoms with van der Waals surface area (Å²) in [7, 11) is 0. The lowest BCUT2D eigenvalue weighted by molar-refractivity contribution is -0.384. The molecule has 1 aliphatic rings. The number of nitro groups is 1. The maximum Gasteiger partial charge on any atom is 0.270 e. The minimum Gasteiger partial charge on any atom is -0.278 e. The van der Waals surface area contributed by atoms with Gasteiger partial charge in [0.05, 0.1) is 10.5 Å². The molecule has 0 saturated carbocycles. The van der Waals surface area contributed by atoms with Crippen LogP contribution in [0.15, 0.2) is 18.2 Å². The van der Waals surface area contributed by atoms with E-state index in [0.717, 1.165) is 4.90 Å². The highest BCUT2D eigenvalue weighted by atomic mass is 127. The molecule has 0 N–H and O–H groups in total. The van der Waals surface area contributed by atoms with Gasteiger partial charge in [-0.1, -0.05) is 0 Å². The fourth-order valence-electron chi connectivity index (χ4n) is 1.80. The molecule has 1 saturated heterocycles. The normalized spacial score (nSPS) is 14.9. The van der Waals surface area contributed by atoms with E-state index in [9.17, 15) is 19.7 Å². The zero-order valence-electron chi connectivity index (χ0n) is 9.26. The molecule has 2 amide bonds. The third-order valence-electron chi connectivity index (χ3n) is 2.71. The van der Waals surface area contributed by atoms with Crippen molar-refractivity contribution in [2.75, 3.05) is 6.54 Å². The van der Waals surface area contributed by atoms with Crippen molar-refractivity contribution in [3.8, 4) is 0 Å². The molecule has 0 aliphatic carbocycles. The Morgan fingerprint density at radius 3 is 2.72 bits per heavy atom. The SMILES string of the molecule is O=C1CCCN1C(=O)c1cc([N+](=O)[O-])ccc1I. The van der Waals surface area contributed by atoms with E-state index in [0.29, 0.717) is 23.0 Å². The van der Waals surface area contributed by atoms with Crippen LogP contribution in [-0.2, 0) is 4.79 Å². The summed E-state index contributed by atoms with van der Waals surface area (Å²) >= 11 is 1.93. The Morgan fingerprint density at radius 2 is 2.17 bits per heavy atom. The van der Waals surface area contributed by atoms with Crippen molar-refractivity contribution < 1.29 is 14.5 Å². The van der Waals surface area contributed by atoms with E-state index in [1.54, 1.807) is 0 Å². The van der Waals surface area contributed by atoms with Gasteiger partial charge in [-0.2, -0.15) is 0 Å². The summed E-state index contributed by atoms with van der Waals surface area (Å²) in [6.07, 6.45) is 1.01. The highest BCUT2D eigenvalue weighted by Gasteiger charge is 2.29. The number of nitro benzene ring substituents is 1. The molecule has 6 nitrogen and oxygen atoms in total. The van der Waals surface area contributed by atoms with Crippen LogP contribution in [0.4, 0.5) is 5.69 Å². The number of carbonyl (C=O) groups excluding carboxylic acids is 2. The second kappa shape index (κ2) is 5.01. The lowest BCUT2D eigenvalue weighted by Gasteiger charge is -2.14. The molecule has 0 aromatic heterocycles. The number of amides is 2. The van der Waals surface area contributed by atoms with Gasteiger partial charge in [-0.25, -0.2) is 0 Å². The Bertz CT molecular complexity index is 544. The van der Waals surface area contributed by atoms with Crippen LogP contribution < -0.4 is 0 Å². The molecule has 1 heterocycles. The molecule has 1 aliphatic heterocycles. The molecule has 18 heavy (non-hydrogen) atoms. The summed E-state index contributed by atoms with van der Waals surface area (Å²) in [5, 5.41) is 10.7. The number of hydrogen-bond donors (Lipinski definition) is 0. The van der Waals surface area contributed by atoms with Gasteiger partial charge in [-0.15, -0.1) is 0 Å². The highest BCUT2D eigenvalue weighted by Crippen LogP contribution is 2.23. The number of halogens is 1. The van der Waals surface area contributed by atoms with E-state index in [4.69, 9.17) is 0 Å². The van der Waals surface area contributed by atoms with Gasteiger partial charge < -0.3 is 0 Å². The molecule has 94 valence electrons. The zero-order chi connectivity index (χ0) is 13.3. The van der Waals surface area contributed by atoms with E-state index >= 15 is 0 Å². The van der Waals surface area contributed by atoms with Gasteiger partial charge in [0.2, 0.25) is 5.91 Å². The Kier molecular flexibility index (Phi) is 3.60. The predicted octanol–water partition coefficient (Wildman–Crippen LogP) is 1.96. The van der Waals surface area contributed by atoms with Gasteiger partial charge in [0.15, 0.2) is 0 Å². The van der Waals surface area contributed by atoms with E-state index in [1.165, 1.54) is 18.2 Å². The first-order chi connectivity index (χ1) is 8.50. The Balaban J connectivity index is 2.37. The van der Waals surface area contributed by atoms with Gasteiger partial charge in [0.1, 0.15) is 0 Å². The lowest BCUT2D eigenvalue weighted by atomic mass is 10.2. The standard InChI is InChI=1S/C11H9IN2O4/c12-9-4-3-7(14(17)18)6-8(9)11(16)13-5-1-2-10(13)15/h3-4,6H,1-2,5H2. The van der Waals surface area contributed by atoms with Crippen LogP contribution in [-0.4, -0.2) is 28.2 Å². The van der Waals surface area contributed by atoms with Crippen molar-refractivity contribution in [3.05, 3.63) is 37.4 Å². The minimum atomic E-state index is -0.557. The van der Waals surface area contributed by atoms with Crippen LogP contribution in [0.1, 0.15) is 23.2 Å². The van der Waals surface area contributed by atoms with E-state index in [2.05, 4.69) is 0 Å². The minimum absolute atomic E-state index is 0.148. The van der Waals surface area contributed by atoms with Crippen LogP contribution in [0, 0.1) is 13.7 Å². The highest BCUT2D eigenvalue weighted by molar-refractivity contribution is 14.1. The molecule has 1 aromatic carbocycles. The molecular weight excluding hydrogens is 351 g/mol. The van der Waals surface area contributed by atoms with Gasteiger partial charge in [-0.3, -0.25) is 24.6 Å². The number of rotatable bonds is 2. The van der Waals surface area contributed by atoms with E-state index in [-0.39, 0.29) is 17.2 Å². The molecule has 0 bridgehead atoms. The number of hydrogen-bond acceptors (Lipinski definition) is 4. The van der Waals surface area contributed by atoms with Crippen molar-refractivity contribution >= 4 is 40.1 Å². The van der Waals surface area contributed by atoms with Gasteiger partial charge in [0.25, 0.3) is 11.6 Å². The predicted molar refractivity (Wildman–Crippen MR) is 71.1 cm³/mol. The van der Waals surface area contributed by atoms with Crippen molar-refractivity contribution in [3.63, 3.8) is 0 Å². The first kappa shape index (κ1) is 12.9. The van der Waals surface area contributed by atoms with Crippen molar-refractivity contribution in [1.29, 1.82) is 0 Å². The van der Waals surface area contributed by atoms with Crippen LogP contribution in [0.5, 0.6) is 0 Å². The number of imide groups is 1. The smallest absolute Gasteiger partial charge is 0.270 e.